The summed E-state index contributed by atoms with van der Waals surface area (Å²) in [6.45, 7) is 7.94. The number of fused-ring (bicyclic) bond motifs is 1. The van der Waals surface area contributed by atoms with E-state index in [0.717, 1.165) is 17.0 Å². The number of rotatable bonds is 4. The van der Waals surface area contributed by atoms with Gasteiger partial charge in [-0.3, -0.25) is 4.79 Å². The van der Waals surface area contributed by atoms with Crippen LogP contribution in [0.15, 0.2) is 5.16 Å². The molecule has 0 bridgehead atoms. The molecule has 2 aromatic heterocycles. The molecule has 146 valence electrons. The summed E-state index contributed by atoms with van der Waals surface area (Å²) in [4.78, 5) is 36.8. The van der Waals surface area contributed by atoms with E-state index in [-0.39, 0.29) is 18.4 Å². The predicted octanol–water partition coefficient (Wildman–Crippen LogP) is 1.31. The Morgan fingerprint density at radius 1 is 1.11 bits per heavy atom. The van der Waals surface area contributed by atoms with Crippen LogP contribution < -0.4 is 0 Å². The van der Waals surface area contributed by atoms with Crippen LogP contribution >= 0.6 is 11.8 Å². The van der Waals surface area contributed by atoms with Gasteiger partial charge in [-0.25, -0.2) is 14.3 Å². The maximum atomic E-state index is 12.8. The van der Waals surface area contributed by atoms with E-state index in [0.29, 0.717) is 43.7 Å². The Morgan fingerprint density at radius 2 is 1.78 bits per heavy atom. The molecule has 0 saturated carbocycles. The fraction of sp³-hybridized carbons (Fsp3) is 0.588. The van der Waals surface area contributed by atoms with Gasteiger partial charge >= 0.3 is 6.09 Å². The van der Waals surface area contributed by atoms with Crippen LogP contribution in [0.3, 0.4) is 0 Å². The maximum Gasteiger partial charge on any atom is 0.409 e. The second-order valence-corrected chi connectivity index (χ2v) is 7.09. The van der Waals surface area contributed by atoms with E-state index < -0.39 is 0 Å². The number of hydrogen-bond donors (Lipinski definition) is 0. The number of nitrogens with zero attached hydrogens (tertiary/aromatic N) is 6. The van der Waals surface area contributed by atoms with E-state index in [1.54, 1.807) is 21.2 Å². The third-order valence-corrected chi connectivity index (χ3v) is 5.24. The van der Waals surface area contributed by atoms with Gasteiger partial charge in [0, 0.05) is 43.1 Å². The van der Waals surface area contributed by atoms with Gasteiger partial charge in [0.05, 0.1) is 13.0 Å². The number of piperazine rings is 1. The molecule has 1 saturated heterocycles. The zero-order valence-corrected chi connectivity index (χ0v) is 16.9. The van der Waals surface area contributed by atoms with Gasteiger partial charge < -0.3 is 14.5 Å². The van der Waals surface area contributed by atoms with Gasteiger partial charge in [-0.15, -0.1) is 5.10 Å². The van der Waals surface area contributed by atoms with Crippen molar-refractivity contribution in [3.05, 3.63) is 17.0 Å². The second-order valence-electron chi connectivity index (χ2n) is 6.32. The zero-order valence-electron chi connectivity index (χ0n) is 16.1. The summed E-state index contributed by atoms with van der Waals surface area (Å²) >= 11 is 1.46. The van der Waals surface area contributed by atoms with Crippen LogP contribution in [0.25, 0.3) is 5.78 Å². The number of hydrogen-bond acceptors (Lipinski definition) is 7. The van der Waals surface area contributed by atoms with E-state index in [4.69, 9.17) is 4.74 Å². The minimum atomic E-state index is -0.318. The summed E-state index contributed by atoms with van der Waals surface area (Å²) in [6, 6.07) is 0. The fourth-order valence-electron chi connectivity index (χ4n) is 3.15. The highest BCUT2D eigenvalue weighted by Gasteiger charge is 2.26. The third-order valence-electron chi connectivity index (χ3n) is 4.70. The van der Waals surface area contributed by atoms with Crippen LogP contribution in [0.2, 0.25) is 0 Å². The molecular weight excluding hydrogens is 368 g/mol. The highest BCUT2D eigenvalue weighted by atomic mass is 32.2. The highest BCUT2D eigenvalue weighted by molar-refractivity contribution is 7.98. The molecule has 2 amide bonds. The molecule has 3 rings (SSSR count). The molecule has 0 radical (unpaired) electrons. The average molecular weight is 392 g/mol. The monoisotopic (exact) mass is 392 g/mol. The Bertz CT molecular complexity index is 860. The number of thioether (sulfide) groups is 1. The number of carbonyl (C=O) groups is 2. The molecule has 0 aliphatic carbocycles. The lowest BCUT2D eigenvalue weighted by atomic mass is 10.1. The molecular formula is C17H24N6O3S. The normalized spacial score (nSPS) is 14.7. The molecule has 10 heteroatoms. The molecule has 0 spiro atoms. The van der Waals surface area contributed by atoms with E-state index in [1.165, 1.54) is 11.8 Å². The van der Waals surface area contributed by atoms with Crippen LogP contribution in [0.5, 0.6) is 0 Å². The molecule has 0 atom stereocenters. The molecule has 1 aliphatic rings. The molecule has 3 heterocycles. The van der Waals surface area contributed by atoms with Gasteiger partial charge in [-0.2, -0.15) is 4.98 Å². The predicted molar refractivity (Wildman–Crippen MR) is 101 cm³/mol. The summed E-state index contributed by atoms with van der Waals surface area (Å²) in [7, 11) is 0. The van der Waals surface area contributed by atoms with Gasteiger partial charge in [0.25, 0.3) is 5.78 Å². The molecule has 9 nitrogen and oxygen atoms in total. The molecule has 1 aliphatic heterocycles. The van der Waals surface area contributed by atoms with Gasteiger partial charge in [0.2, 0.25) is 11.1 Å². The Hall–Kier alpha value is -2.36. The first-order valence-electron chi connectivity index (χ1n) is 8.91. The standard InChI is InChI=1S/C17H24N6O3S/c1-5-26-17(25)22-8-6-21(7-9-22)14(24)10-13-11(2)18-15-19-16(27-4)20-23(15)12(13)3/h5-10H2,1-4H3. The zero-order chi connectivity index (χ0) is 19.6. The number of carbonyl (C=O) groups excluding carboxylic acids is 2. The molecule has 2 aromatic rings. The van der Waals surface area contributed by atoms with E-state index >= 15 is 0 Å². The molecule has 27 heavy (non-hydrogen) atoms. The summed E-state index contributed by atoms with van der Waals surface area (Å²) in [6.07, 6.45) is 1.85. The Balaban J connectivity index is 1.70. The Morgan fingerprint density at radius 3 is 2.41 bits per heavy atom. The van der Waals surface area contributed by atoms with Gasteiger partial charge in [0.1, 0.15) is 0 Å². The fourth-order valence-corrected chi connectivity index (χ4v) is 3.48. The Labute approximate surface area is 162 Å². The van der Waals surface area contributed by atoms with Crippen molar-refractivity contribution in [2.24, 2.45) is 0 Å². The molecule has 0 aromatic carbocycles. The quantitative estimate of drug-likeness (QED) is 0.724. The summed E-state index contributed by atoms with van der Waals surface area (Å²) < 4.78 is 6.71. The maximum absolute atomic E-state index is 12.8. The lowest BCUT2D eigenvalue weighted by molar-refractivity contribution is -0.132. The summed E-state index contributed by atoms with van der Waals surface area (Å²) in [5.41, 5.74) is 2.54. The van der Waals surface area contributed by atoms with E-state index in [2.05, 4.69) is 15.1 Å². The summed E-state index contributed by atoms with van der Waals surface area (Å²) in [5, 5.41) is 5.08. The van der Waals surface area contributed by atoms with Crippen molar-refractivity contribution in [3.8, 4) is 0 Å². The van der Waals surface area contributed by atoms with Crippen molar-refractivity contribution in [1.82, 2.24) is 29.4 Å². The average Bonchev–Trinajstić information content (AvgIpc) is 3.08. The Kier molecular flexibility index (Phi) is 5.83. The van der Waals surface area contributed by atoms with Crippen LogP contribution in [0, 0.1) is 13.8 Å². The van der Waals surface area contributed by atoms with Gasteiger partial charge in [0.15, 0.2) is 0 Å². The van der Waals surface area contributed by atoms with E-state index in [1.807, 2.05) is 20.1 Å². The second kappa shape index (κ2) is 8.12. The largest absolute Gasteiger partial charge is 0.450 e. The van der Waals surface area contributed by atoms with Crippen LogP contribution in [0.1, 0.15) is 23.9 Å². The number of aromatic nitrogens is 4. The topological polar surface area (TPSA) is 92.9 Å². The minimum Gasteiger partial charge on any atom is -0.450 e. The SMILES string of the molecule is CCOC(=O)N1CCN(C(=O)Cc2c(C)nc3nc(SC)nn3c2C)CC1. The van der Waals surface area contributed by atoms with Crippen molar-refractivity contribution < 1.29 is 14.3 Å². The van der Waals surface area contributed by atoms with Crippen molar-refractivity contribution in [2.75, 3.05) is 39.0 Å². The number of amides is 2. The smallest absolute Gasteiger partial charge is 0.409 e. The van der Waals surface area contributed by atoms with Gasteiger partial charge in [-0.1, -0.05) is 11.8 Å². The van der Waals surface area contributed by atoms with Crippen LogP contribution in [-0.4, -0.2) is 80.4 Å². The van der Waals surface area contributed by atoms with Crippen LogP contribution in [0.4, 0.5) is 4.79 Å². The first-order valence-corrected chi connectivity index (χ1v) is 10.1. The van der Waals surface area contributed by atoms with Gasteiger partial charge in [-0.05, 0) is 27.0 Å². The van der Waals surface area contributed by atoms with Crippen LogP contribution in [-0.2, 0) is 16.0 Å². The molecule has 0 N–H and O–H groups in total. The molecule has 0 unspecified atom stereocenters. The number of aryl methyl sites for hydroxylation is 2. The van der Waals surface area contributed by atoms with Crippen molar-refractivity contribution in [3.63, 3.8) is 0 Å². The lowest BCUT2D eigenvalue weighted by Gasteiger charge is -2.34. The first kappa shape index (κ1) is 19.4. The number of ether oxygens (including phenoxy) is 1. The van der Waals surface area contributed by atoms with E-state index in [9.17, 15) is 9.59 Å². The van der Waals surface area contributed by atoms with Crippen molar-refractivity contribution >= 4 is 29.5 Å². The lowest BCUT2D eigenvalue weighted by Crippen LogP contribution is -2.51. The van der Waals surface area contributed by atoms with Crippen molar-refractivity contribution in [1.29, 1.82) is 0 Å². The molecule has 1 fully saturated rings. The summed E-state index contributed by atoms with van der Waals surface area (Å²) in [5.74, 6) is 0.574. The highest BCUT2D eigenvalue weighted by Crippen LogP contribution is 2.18. The van der Waals surface area contributed by atoms with Crippen molar-refractivity contribution in [2.45, 2.75) is 32.3 Å². The third kappa shape index (κ3) is 4.00. The first-order chi connectivity index (χ1) is 12.9. The minimum absolute atomic E-state index is 0.0241.